The fourth-order valence-electron chi connectivity index (χ4n) is 1.89. The first-order valence-corrected chi connectivity index (χ1v) is 7.27. The molecule has 1 fully saturated rings. The van der Waals surface area contributed by atoms with Gasteiger partial charge in [-0.25, -0.2) is 0 Å². The third-order valence-corrected chi connectivity index (χ3v) is 4.83. The van der Waals surface area contributed by atoms with E-state index in [0.717, 1.165) is 18.1 Å². The topological polar surface area (TPSA) is 21.3 Å². The van der Waals surface area contributed by atoms with E-state index in [4.69, 9.17) is 4.74 Å². The first-order chi connectivity index (χ1) is 7.33. The molecule has 0 aliphatic carbocycles. The number of hydrogen-bond acceptors (Lipinski definition) is 4. The summed E-state index contributed by atoms with van der Waals surface area (Å²) in [6.45, 7) is 3.06. The zero-order valence-corrected chi connectivity index (χ0v) is 10.8. The van der Waals surface area contributed by atoms with Crippen LogP contribution in [-0.2, 0) is 4.74 Å². The number of thiophene rings is 1. The van der Waals surface area contributed by atoms with Crippen LogP contribution in [0.2, 0.25) is 0 Å². The van der Waals surface area contributed by atoms with Gasteiger partial charge in [0.15, 0.2) is 0 Å². The number of rotatable bonds is 3. The molecule has 0 radical (unpaired) electrons. The molecule has 2 nitrogen and oxygen atoms in total. The maximum atomic E-state index is 5.83. The van der Waals surface area contributed by atoms with Crippen molar-refractivity contribution in [2.45, 2.75) is 19.1 Å². The Balaban J connectivity index is 2.12. The van der Waals surface area contributed by atoms with Crippen LogP contribution in [0.15, 0.2) is 11.4 Å². The summed E-state index contributed by atoms with van der Waals surface area (Å²) in [7, 11) is 2.02. The standard InChI is InChI=1S/C11H17NOS2/c1-8-3-5-15-11(8)10(12-2)9-7-14-6-4-13-9/h3,5,9-10,12H,4,6-7H2,1-2H3. The number of likely N-dealkylation sites (N-methyl/N-ethyl adjacent to an activating group) is 1. The predicted molar refractivity (Wildman–Crippen MR) is 67.9 cm³/mol. The molecule has 1 aliphatic rings. The lowest BCUT2D eigenvalue weighted by Gasteiger charge is -2.29. The minimum Gasteiger partial charge on any atom is -0.374 e. The highest BCUT2D eigenvalue weighted by Gasteiger charge is 2.26. The Morgan fingerprint density at radius 2 is 2.47 bits per heavy atom. The van der Waals surface area contributed by atoms with Crippen LogP contribution in [0.3, 0.4) is 0 Å². The Bertz CT molecular complexity index is 307. The van der Waals surface area contributed by atoms with Gasteiger partial charge < -0.3 is 10.1 Å². The van der Waals surface area contributed by atoms with Gasteiger partial charge in [-0.2, -0.15) is 11.8 Å². The molecule has 2 atom stereocenters. The van der Waals surface area contributed by atoms with Crippen LogP contribution in [-0.4, -0.2) is 31.3 Å². The summed E-state index contributed by atoms with van der Waals surface area (Å²) in [6.07, 6.45) is 0.325. The van der Waals surface area contributed by atoms with E-state index in [1.54, 1.807) is 0 Å². The van der Waals surface area contributed by atoms with Crippen LogP contribution in [0.5, 0.6) is 0 Å². The van der Waals surface area contributed by atoms with Crippen molar-refractivity contribution in [1.82, 2.24) is 5.32 Å². The van der Waals surface area contributed by atoms with Gasteiger partial charge in [0.05, 0.1) is 18.8 Å². The molecule has 15 heavy (non-hydrogen) atoms. The Hall–Kier alpha value is -0.0300. The summed E-state index contributed by atoms with van der Waals surface area (Å²) < 4.78 is 5.83. The predicted octanol–water partition coefficient (Wildman–Crippen LogP) is 2.45. The first kappa shape index (κ1) is 11.5. The van der Waals surface area contributed by atoms with Crippen molar-refractivity contribution in [3.05, 3.63) is 21.9 Å². The highest BCUT2D eigenvalue weighted by Crippen LogP contribution is 2.30. The molecule has 84 valence electrons. The normalized spacial score (nSPS) is 24.0. The van der Waals surface area contributed by atoms with Crippen molar-refractivity contribution >= 4 is 23.1 Å². The van der Waals surface area contributed by atoms with Crippen molar-refractivity contribution in [1.29, 1.82) is 0 Å². The maximum Gasteiger partial charge on any atom is 0.0868 e. The monoisotopic (exact) mass is 243 g/mol. The lowest BCUT2D eigenvalue weighted by molar-refractivity contribution is 0.0496. The lowest BCUT2D eigenvalue weighted by Crippen LogP contribution is -2.36. The number of hydrogen-bond donors (Lipinski definition) is 1. The van der Waals surface area contributed by atoms with Crippen LogP contribution < -0.4 is 5.32 Å². The highest BCUT2D eigenvalue weighted by atomic mass is 32.2. The third-order valence-electron chi connectivity index (χ3n) is 2.71. The number of nitrogens with one attached hydrogen (secondary N) is 1. The molecule has 1 aromatic rings. The minimum atomic E-state index is 0.325. The van der Waals surface area contributed by atoms with E-state index in [-0.39, 0.29) is 0 Å². The van der Waals surface area contributed by atoms with Crippen molar-refractivity contribution in [2.75, 3.05) is 25.2 Å². The van der Waals surface area contributed by atoms with Gasteiger partial charge in [-0.1, -0.05) is 0 Å². The van der Waals surface area contributed by atoms with Gasteiger partial charge in [0, 0.05) is 16.4 Å². The summed E-state index contributed by atoms with van der Waals surface area (Å²) in [5.41, 5.74) is 1.37. The molecule has 0 spiro atoms. The number of aryl methyl sites for hydroxylation is 1. The number of thioether (sulfide) groups is 1. The minimum absolute atomic E-state index is 0.325. The van der Waals surface area contributed by atoms with E-state index >= 15 is 0 Å². The second-order valence-corrected chi connectivity index (χ2v) is 5.82. The van der Waals surface area contributed by atoms with Gasteiger partial charge in [0.2, 0.25) is 0 Å². The van der Waals surface area contributed by atoms with Crippen molar-refractivity contribution < 1.29 is 4.74 Å². The van der Waals surface area contributed by atoms with E-state index in [0.29, 0.717) is 12.1 Å². The molecule has 0 aromatic carbocycles. The molecule has 1 N–H and O–H groups in total. The Morgan fingerprint density at radius 3 is 3.00 bits per heavy atom. The van der Waals surface area contributed by atoms with E-state index in [9.17, 15) is 0 Å². The molecule has 0 amide bonds. The average molecular weight is 243 g/mol. The molecule has 2 unspecified atom stereocenters. The Kier molecular flexibility index (Phi) is 4.08. The SMILES string of the molecule is CNC(c1sccc1C)C1CSCCO1. The van der Waals surface area contributed by atoms with Gasteiger partial charge in [-0.3, -0.25) is 0 Å². The molecule has 1 saturated heterocycles. The Labute approximate surface area is 99.4 Å². The van der Waals surface area contributed by atoms with Gasteiger partial charge in [0.25, 0.3) is 0 Å². The van der Waals surface area contributed by atoms with Crippen LogP contribution in [0.4, 0.5) is 0 Å². The fourth-order valence-corrected chi connectivity index (χ4v) is 3.88. The molecule has 4 heteroatoms. The largest absolute Gasteiger partial charge is 0.374 e. The quantitative estimate of drug-likeness (QED) is 0.881. The van der Waals surface area contributed by atoms with Crippen LogP contribution in [0, 0.1) is 6.92 Å². The molecule has 2 rings (SSSR count). The second-order valence-electron chi connectivity index (χ2n) is 3.72. The van der Waals surface area contributed by atoms with E-state index < -0.39 is 0 Å². The average Bonchev–Trinajstić information content (AvgIpc) is 2.68. The molecule has 1 aromatic heterocycles. The van der Waals surface area contributed by atoms with Crippen LogP contribution in [0.25, 0.3) is 0 Å². The van der Waals surface area contributed by atoms with E-state index in [1.165, 1.54) is 10.4 Å². The van der Waals surface area contributed by atoms with E-state index in [1.807, 2.05) is 30.1 Å². The second kappa shape index (κ2) is 5.34. The molecule has 0 saturated carbocycles. The highest BCUT2D eigenvalue weighted by molar-refractivity contribution is 7.99. The summed E-state index contributed by atoms with van der Waals surface area (Å²) in [4.78, 5) is 1.42. The van der Waals surface area contributed by atoms with Crippen molar-refractivity contribution in [3.63, 3.8) is 0 Å². The number of ether oxygens (including phenoxy) is 1. The zero-order chi connectivity index (χ0) is 10.7. The molecule has 2 heterocycles. The maximum absolute atomic E-state index is 5.83. The molecular weight excluding hydrogens is 226 g/mol. The van der Waals surface area contributed by atoms with Crippen LogP contribution in [0.1, 0.15) is 16.5 Å². The smallest absolute Gasteiger partial charge is 0.0868 e. The summed E-state index contributed by atoms with van der Waals surface area (Å²) >= 11 is 3.81. The molecule has 0 bridgehead atoms. The van der Waals surface area contributed by atoms with E-state index in [2.05, 4.69) is 23.7 Å². The van der Waals surface area contributed by atoms with Crippen molar-refractivity contribution in [2.24, 2.45) is 0 Å². The molecular formula is C11H17NOS2. The lowest BCUT2D eigenvalue weighted by atomic mass is 10.1. The Morgan fingerprint density at radius 1 is 1.60 bits per heavy atom. The summed E-state index contributed by atoms with van der Waals surface area (Å²) in [5.74, 6) is 2.24. The zero-order valence-electron chi connectivity index (χ0n) is 9.16. The summed E-state index contributed by atoms with van der Waals surface area (Å²) in [5, 5.41) is 5.54. The molecule has 1 aliphatic heterocycles. The fraction of sp³-hybridized carbons (Fsp3) is 0.636. The van der Waals surface area contributed by atoms with Gasteiger partial charge >= 0.3 is 0 Å². The first-order valence-electron chi connectivity index (χ1n) is 5.23. The van der Waals surface area contributed by atoms with Crippen LogP contribution >= 0.6 is 23.1 Å². The van der Waals surface area contributed by atoms with Gasteiger partial charge in [0.1, 0.15) is 0 Å². The van der Waals surface area contributed by atoms with Crippen molar-refractivity contribution in [3.8, 4) is 0 Å². The van der Waals surface area contributed by atoms with Gasteiger partial charge in [-0.15, -0.1) is 11.3 Å². The third kappa shape index (κ3) is 2.56. The summed E-state index contributed by atoms with van der Waals surface area (Å²) in [6, 6.07) is 2.54. The van der Waals surface area contributed by atoms with Gasteiger partial charge in [-0.05, 0) is 31.0 Å².